The van der Waals surface area contributed by atoms with E-state index in [0.717, 1.165) is 51.4 Å². The summed E-state index contributed by atoms with van der Waals surface area (Å²) in [4.78, 5) is 19.2. The Morgan fingerprint density at radius 1 is 0.947 bits per heavy atom. The topological polar surface area (TPSA) is 59.8 Å². The number of aromatic nitrogens is 3. The summed E-state index contributed by atoms with van der Waals surface area (Å²) in [6, 6.07) is 20.5. The molecule has 8 rings (SSSR count). The number of amides is 1. The number of hydrogen-bond acceptors (Lipinski definition) is 3. The predicted molar refractivity (Wildman–Crippen MR) is 151 cm³/mol. The van der Waals surface area contributed by atoms with Gasteiger partial charge in [0, 0.05) is 11.6 Å². The molecule has 4 saturated carbocycles. The number of carbonyl (C=O) groups excluding carboxylic acids is 1. The van der Waals surface area contributed by atoms with Crippen LogP contribution in [-0.2, 0) is 0 Å². The third-order valence-corrected chi connectivity index (χ3v) is 9.76. The highest BCUT2D eigenvalue weighted by Gasteiger charge is 2.53. The average Bonchev–Trinajstić information content (AvgIpc) is 3.24. The molecule has 0 spiro atoms. The van der Waals surface area contributed by atoms with Gasteiger partial charge in [-0.25, -0.2) is 9.67 Å². The summed E-state index contributed by atoms with van der Waals surface area (Å²) in [5, 5.41) is 9.21. The van der Waals surface area contributed by atoms with Crippen molar-refractivity contribution in [2.45, 2.75) is 65.3 Å². The predicted octanol–water partition coefficient (Wildman–Crippen LogP) is 7.04. The lowest BCUT2D eigenvalue weighted by Crippen LogP contribution is -2.55. The van der Waals surface area contributed by atoms with Crippen LogP contribution in [0.3, 0.4) is 0 Å². The first-order chi connectivity index (χ1) is 18.4. The molecule has 0 aliphatic heterocycles. The summed E-state index contributed by atoms with van der Waals surface area (Å²) >= 11 is 0. The van der Waals surface area contributed by atoms with Crippen molar-refractivity contribution in [3.63, 3.8) is 0 Å². The van der Waals surface area contributed by atoms with E-state index < -0.39 is 0 Å². The highest BCUT2D eigenvalue weighted by molar-refractivity contribution is 6.08. The largest absolute Gasteiger partial charge is 0.349 e. The van der Waals surface area contributed by atoms with Gasteiger partial charge in [-0.1, -0.05) is 48.0 Å². The van der Waals surface area contributed by atoms with Gasteiger partial charge in [-0.2, -0.15) is 5.10 Å². The van der Waals surface area contributed by atoms with Gasteiger partial charge in [0.2, 0.25) is 0 Å². The van der Waals surface area contributed by atoms with E-state index in [0.29, 0.717) is 5.56 Å². The zero-order valence-electron chi connectivity index (χ0n) is 22.6. The van der Waals surface area contributed by atoms with E-state index in [1.54, 1.807) is 0 Å². The van der Waals surface area contributed by atoms with Gasteiger partial charge >= 0.3 is 0 Å². The minimum absolute atomic E-state index is 0.00983. The Kier molecular flexibility index (Phi) is 5.47. The first-order valence-electron chi connectivity index (χ1n) is 14.2. The minimum atomic E-state index is -0.00983. The molecule has 4 fully saturated rings. The molecular weight excluding hydrogens is 468 g/mol. The number of nitrogens with zero attached hydrogens (tertiary/aromatic N) is 3. The Morgan fingerprint density at radius 2 is 1.58 bits per heavy atom. The molecule has 5 nitrogen and oxygen atoms in total. The Balaban J connectivity index is 1.31. The van der Waals surface area contributed by atoms with Gasteiger partial charge in [0.05, 0.1) is 28.0 Å². The molecule has 194 valence electrons. The van der Waals surface area contributed by atoms with E-state index in [2.05, 4.69) is 43.4 Å². The molecule has 0 radical (unpaired) electrons. The van der Waals surface area contributed by atoms with Crippen molar-refractivity contribution < 1.29 is 4.79 Å². The monoisotopic (exact) mass is 504 g/mol. The lowest BCUT2D eigenvalue weighted by Gasteiger charge is -2.59. The van der Waals surface area contributed by atoms with Crippen LogP contribution in [0.25, 0.3) is 28.0 Å². The number of aryl methyl sites for hydroxylation is 2. The number of fused-ring (bicyclic) bond motifs is 1. The summed E-state index contributed by atoms with van der Waals surface area (Å²) < 4.78 is 1.88. The van der Waals surface area contributed by atoms with Gasteiger partial charge in [0.25, 0.3) is 5.91 Å². The van der Waals surface area contributed by atoms with Crippen molar-refractivity contribution in [3.8, 4) is 16.9 Å². The minimum Gasteiger partial charge on any atom is -0.349 e. The van der Waals surface area contributed by atoms with Gasteiger partial charge < -0.3 is 5.32 Å². The van der Waals surface area contributed by atoms with Gasteiger partial charge in [-0.15, -0.1) is 0 Å². The quantitative estimate of drug-likeness (QED) is 0.317. The standard InChI is InChI=1S/C33H36N4O/c1-20-9-11-27(12-10-20)37-31-30(21(2)36-37)28(16-29(35-31)26-7-5-4-6-8-26)32(38)34-22(3)33-17-23-13-24(18-33)15-25(14-23)19-33/h4-12,16,22-25H,13-15,17-19H2,1-3H3,(H,34,38)/t22-,23?,24?,25?,33?/m0/s1. The van der Waals surface area contributed by atoms with Gasteiger partial charge in [-0.3, -0.25) is 4.79 Å². The van der Waals surface area contributed by atoms with Crippen LogP contribution in [0.1, 0.15) is 67.1 Å². The fraction of sp³-hybridized carbons (Fsp3) is 0.424. The number of pyridine rings is 1. The third-order valence-electron chi connectivity index (χ3n) is 9.76. The van der Waals surface area contributed by atoms with Gasteiger partial charge in [0.15, 0.2) is 5.65 Å². The van der Waals surface area contributed by atoms with E-state index in [1.807, 2.05) is 48.0 Å². The molecule has 5 heteroatoms. The van der Waals surface area contributed by atoms with Crippen molar-refractivity contribution in [3.05, 3.63) is 77.5 Å². The van der Waals surface area contributed by atoms with Crippen LogP contribution in [0.4, 0.5) is 0 Å². The molecule has 4 aliphatic carbocycles. The first-order valence-corrected chi connectivity index (χ1v) is 14.2. The Morgan fingerprint density at radius 3 is 2.21 bits per heavy atom. The van der Waals surface area contributed by atoms with Crippen LogP contribution in [0.5, 0.6) is 0 Å². The zero-order chi connectivity index (χ0) is 26.0. The van der Waals surface area contributed by atoms with Crippen LogP contribution in [0.15, 0.2) is 60.7 Å². The van der Waals surface area contributed by atoms with Crippen LogP contribution in [0.2, 0.25) is 0 Å². The van der Waals surface area contributed by atoms with E-state index in [1.165, 1.54) is 44.1 Å². The first kappa shape index (κ1) is 23.6. The summed E-state index contributed by atoms with van der Waals surface area (Å²) in [6.45, 7) is 6.32. The second kappa shape index (κ2) is 8.79. The third kappa shape index (κ3) is 3.86. The van der Waals surface area contributed by atoms with Crippen molar-refractivity contribution >= 4 is 16.9 Å². The highest BCUT2D eigenvalue weighted by Crippen LogP contribution is 2.61. The summed E-state index contributed by atoms with van der Waals surface area (Å²) in [6.07, 6.45) is 8.03. The summed E-state index contributed by atoms with van der Waals surface area (Å²) in [7, 11) is 0. The SMILES string of the molecule is Cc1ccc(-n2nc(C)c3c(C(=O)N[C@@H](C)C45CC6CC(CC(C6)C4)C5)cc(-c4ccccc4)nc32)cc1. The molecule has 2 aromatic heterocycles. The molecule has 4 aliphatic rings. The van der Waals surface area contributed by atoms with E-state index in [-0.39, 0.29) is 17.4 Å². The molecule has 1 amide bonds. The maximum atomic E-state index is 14.1. The molecule has 38 heavy (non-hydrogen) atoms. The van der Waals surface area contributed by atoms with Crippen molar-refractivity contribution in [2.24, 2.45) is 23.2 Å². The van der Waals surface area contributed by atoms with E-state index in [4.69, 9.17) is 10.1 Å². The van der Waals surface area contributed by atoms with Crippen LogP contribution >= 0.6 is 0 Å². The molecular formula is C33H36N4O. The van der Waals surface area contributed by atoms with E-state index in [9.17, 15) is 4.79 Å². The Bertz CT molecular complexity index is 1480. The summed E-state index contributed by atoms with van der Waals surface area (Å²) in [5.74, 6) is 2.55. The highest BCUT2D eigenvalue weighted by atomic mass is 16.1. The van der Waals surface area contributed by atoms with E-state index >= 15 is 0 Å². The second-order valence-electron chi connectivity index (χ2n) is 12.4. The number of nitrogens with one attached hydrogen (secondary N) is 1. The lowest BCUT2D eigenvalue weighted by atomic mass is 9.48. The molecule has 1 N–H and O–H groups in total. The number of carbonyl (C=O) groups is 1. The van der Waals surface area contributed by atoms with Crippen LogP contribution in [0, 0.1) is 37.0 Å². The molecule has 4 aromatic rings. The number of rotatable bonds is 5. The molecule has 4 bridgehead atoms. The molecule has 0 unspecified atom stereocenters. The fourth-order valence-corrected chi connectivity index (χ4v) is 8.23. The molecule has 2 aromatic carbocycles. The van der Waals surface area contributed by atoms with Crippen molar-refractivity contribution in [2.75, 3.05) is 0 Å². The van der Waals surface area contributed by atoms with Crippen LogP contribution < -0.4 is 5.32 Å². The zero-order valence-corrected chi connectivity index (χ0v) is 22.6. The smallest absolute Gasteiger partial charge is 0.252 e. The van der Waals surface area contributed by atoms with Crippen molar-refractivity contribution in [1.29, 1.82) is 0 Å². The van der Waals surface area contributed by atoms with Crippen molar-refractivity contribution in [1.82, 2.24) is 20.1 Å². The molecule has 0 saturated heterocycles. The number of benzene rings is 2. The van der Waals surface area contributed by atoms with Crippen LogP contribution in [-0.4, -0.2) is 26.7 Å². The maximum Gasteiger partial charge on any atom is 0.252 e. The lowest BCUT2D eigenvalue weighted by molar-refractivity contribution is -0.0687. The molecule has 1 atom stereocenters. The normalized spacial score (nSPS) is 26.6. The Hall–Kier alpha value is -3.47. The Labute approximate surface area is 224 Å². The van der Waals surface area contributed by atoms with Gasteiger partial charge in [-0.05, 0) is 101 Å². The average molecular weight is 505 g/mol. The fourth-order valence-electron chi connectivity index (χ4n) is 8.23. The maximum absolute atomic E-state index is 14.1. The summed E-state index contributed by atoms with van der Waals surface area (Å²) in [5.41, 5.74) is 6.38. The molecule has 2 heterocycles. The van der Waals surface area contributed by atoms with Gasteiger partial charge in [0.1, 0.15) is 0 Å². The number of hydrogen-bond donors (Lipinski definition) is 1. The second-order valence-corrected chi connectivity index (χ2v) is 12.4.